The van der Waals surface area contributed by atoms with Gasteiger partial charge in [0.25, 0.3) is 0 Å². The van der Waals surface area contributed by atoms with Gasteiger partial charge in [-0.2, -0.15) is 0 Å². The minimum atomic E-state index is -0.694. The summed E-state index contributed by atoms with van der Waals surface area (Å²) in [5, 5.41) is 9.14. The first-order valence-electron chi connectivity index (χ1n) is 5.73. The summed E-state index contributed by atoms with van der Waals surface area (Å²) in [6, 6.07) is 9.97. The molecule has 1 aromatic rings. The first-order chi connectivity index (χ1) is 7.70. The lowest BCUT2D eigenvalue weighted by atomic mass is 10.1. The van der Waals surface area contributed by atoms with Gasteiger partial charge >= 0.3 is 5.97 Å². The van der Waals surface area contributed by atoms with E-state index in [9.17, 15) is 4.79 Å². The summed E-state index contributed by atoms with van der Waals surface area (Å²) in [7, 11) is 0. The van der Waals surface area contributed by atoms with E-state index in [1.807, 2.05) is 18.2 Å². The van der Waals surface area contributed by atoms with Gasteiger partial charge < -0.3 is 5.11 Å². The van der Waals surface area contributed by atoms with Crippen molar-refractivity contribution in [1.29, 1.82) is 0 Å². The van der Waals surface area contributed by atoms with Crippen LogP contribution >= 0.6 is 0 Å². The number of carboxylic acids is 1. The highest BCUT2D eigenvalue weighted by atomic mass is 16.4. The quantitative estimate of drug-likeness (QED) is 0.848. The molecule has 2 rings (SSSR count). The van der Waals surface area contributed by atoms with Crippen molar-refractivity contribution in [2.45, 2.75) is 31.8 Å². The third kappa shape index (κ3) is 2.09. The summed E-state index contributed by atoms with van der Waals surface area (Å²) in [6.45, 7) is 2.96. The number of rotatable bonds is 3. The Labute approximate surface area is 95.7 Å². The van der Waals surface area contributed by atoms with E-state index < -0.39 is 5.97 Å². The summed E-state index contributed by atoms with van der Waals surface area (Å²) in [4.78, 5) is 13.2. The molecular formula is C13H17NO2. The zero-order valence-corrected chi connectivity index (χ0v) is 9.47. The maximum absolute atomic E-state index is 11.1. The molecule has 2 atom stereocenters. The van der Waals surface area contributed by atoms with Gasteiger partial charge in [0.15, 0.2) is 0 Å². The number of hydrogen-bond donors (Lipinski definition) is 1. The number of carboxylic acid groups (broad SMARTS) is 1. The summed E-state index contributed by atoms with van der Waals surface area (Å²) in [6.07, 6.45) is 1.75. The maximum atomic E-state index is 11.1. The predicted molar refractivity (Wildman–Crippen MR) is 62.2 cm³/mol. The number of likely N-dealkylation sites (tertiary alicyclic amines) is 1. The summed E-state index contributed by atoms with van der Waals surface area (Å²) in [5.74, 6) is -0.694. The van der Waals surface area contributed by atoms with Gasteiger partial charge in [-0.15, -0.1) is 0 Å². The van der Waals surface area contributed by atoms with Crippen molar-refractivity contribution in [1.82, 2.24) is 4.90 Å². The van der Waals surface area contributed by atoms with Crippen molar-refractivity contribution >= 4 is 5.97 Å². The molecule has 0 aromatic heterocycles. The third-order valence-electron chi connectivity index (χ3n) is 3.36. The summed E-state index contributed by atoms with van der Waals surface area (Å²) < 4.78 is 0. The maximum Gasteiger partial charge on any atom is 0.320 e. The van der Waals surface area contributed by atoms with E-state index in [-0.39, 0.29) is 12.1 Å². The van der Waals surface area contributed by atoms with E-state index in [1.165, 1.54) is 5.56 Å². The lowest BCUT2D eigenvalue weighted by Crippen LogP contribution is -2.37. The van der Waals surface area contributed by atoms with Crippen molar-refractivity contribution in [3.8, 4) is 0 Å². The summed E-state index contributed by atoms with van der Waals surface area (Å²) >= 11 is 0. The van der Waals surface area contributed by atoms with Crippen molar-refractivity contribution in [3.63, 3.8) is 0 Å². The number of nitrogens with zero attached hydrogens (tertiary/aromatic N) is 1. The molecule has 3 nitrogen and oxygen atoms in total. The van der Waals surface area contributed by atoms with E-state index >= 15 is 0 Å². The van der Waals surface area contributed by atoms with Crippen LogP contribution in [0.25, 0.3) is 0 Å². The molecule has 16 heavy (non-hydrogen) atoms. The molecule has 0 bridgehead atoms. The molecule has 1 aromatic carbocycles. The highest BCUT2D eigenvalue weighted by molar-refractivity contribution is 5.73. The Kier molecular flexibility index (Phi) is 3.25. The van der Waals surface area contributed by atoms with E-state index in [4.69, 9.17) is 5.11 Å². The Morgan fingerprint density at radius 3 is 2.75 bits per heavy atom. The molecule has 0 amide bonds. The molecular weight excluding hydrogens is 202 g/mol. The highest BCUT2D eigenvalue weighted by Gasteiger charge is 2.33. The molecule has 1 aliphatic heterocycles. The van der Waals surface area contributed by atoms with E-state index in [1.54, 1.807) is 0 Å². The van der Waals surface area contributed by atoms with Crippen LogP contribution in [0.5, 0.6) is 0 Å². The second-order valence-electron chi connectivity index (χ2n) is 4.32. The Balaban J connectivity index is 2.15. The van der Waals surface area contributed by atoms with Crippen molar-refractivity contribution in [2.24, 2.45) is 0 Å². The van der Waals surface area contributed by atoms with Crippen LogP contribution in [0.15, 0.2) is 30.3 Å². The average Bonchev–Trinajstić information content (AvgIpc) is 2.78. The minimum Gasteiger partial charge on any atom is -0.480 e. The van der Waals surface area contributed by atoms with E-state index in [2.05, 4.69) is 24.0 Å². The van der Waals surface area contributed by atoms with Gasteiger partial charge in [-0.25, -0.2) is 0 Å². The van der Waals surface area contributed by atoms with Crippen LogP contribution < -0.4 is 0 Å². The van der Waals surface area contributed by atoms with Gasteiger partial charge in [0.2, 0.25) is 0 Å². The lowest BCUT2D eigenvalue weighted by Gasteiger charge is -2.28. The van der Waals surface area contributed by atoms with Crippen molar-refractivity contribution in [2.75, 3.05) is 6.54 Å². The monoisotopic (exact) mass is 219 g/mol. The van der Waals surface area contributed by atoms with Crippen LogP contribution in [-0.4, -0.2) is 28.6 Å². The molecule has 0 unspecified atom stereocenters. The van der Waals surface area contributed by atoms with Crippen LogP contribution in [0, 0.1) is 0 Å². The topological polar surface area (TPSA) is 40.5 Å². The van der Waals surface area contributed by atoms with Gasteiger partial charge in [0.05, 0.1) is 0 Å². The number of aliphatic carboxylic acids is 1. The fourth-order valence-electron chi connectivity index (χ4n) is 2.44. The molecule has 0 aliphatic carbocycles. The number of benzene rings is 1. The first-order valence-corrected chi connectivity index (χ1v) is 5.73. The zero-order chi connectivity index (χ0) is 11.5. The normalized spacial score (nSPS) is 23.2. The van der Waals surface area contributed by atoms with Gasteiger partial charge in [-0.1, -0.05) is 30.3 Å². The molecule has 1 aliphatic rings. The van der Waals surface area contributed by atoms with Gasteiger partial charge in [0.1, 0.15) is 6.04 Å². The third-order valence-corrected chi connectivity index (χ3v) is 3.36. The van der Waals surface area contributed by atoms with Gasteiger partial charge in [0, 0.05) is 6.04 Å². The molecule has 0 spiro atoms. The summed E-state index contributed by atoms with van der Waals surface area (Å²) in [5.41, 5.74) is 1.19. The smallest absolute Gasteiger partial charge is 0.320 e. The molecule has 1 N–H and O–H groups in total. The molecule has 0 saturated carbocycles. The van der Waals surface area contributed by atoms with Crippen LogP contribution in [0.2, 0.25) is 0 Å². The predicted octanol–water partition coefficient (Wildman–Crippen LogP) is 2.30. The molecule has 3 heteroatoms. The van der Waals surface area contributed by atoms with Crippen molar-refractivity contribution in [3.05, 3.63) is 35.9 Å². The molecule has 1 saturated heterocycles. The largest absolute Gasteiger partial charge is 0.480 e. The first kappa shape index (κ1) is 11.1. The molecule has 1 heterocycles. The average molecular weight is 219 g/mol. The van der Waals surface area contributed by atoms with Gasteiger partial charge in [-0.05, 0) is 31.9 Å². The number of carbonyl (C=O) groups is 1. The highest BCUT2D eigenvalue weighted by Crippen LogP contribution is 2.28. The zero-order valence-electron chi connectivity index (χ0n) is 9.47. The Bertz CT molecular complexity index is 363. The van der Waals surface area contributed by atoms with Gasteiger partial charge in [-0.3, -0.25) is 9.69 Å². The standard InChI is InChI=1S/C13H17NO2/c1-10(11-6-3-2-4-7-11)14-9-5-8-12(14)13(15)16/h2-4,6-7,10,12H,5,8-9H2,1H3,(H,15,16)/t10-,12+/m0/s1. The van der Waals surface area contributed by atoms with E-state index in [0.29, 0.717) is 0 Å². The van der Waals surface area contributed by atoms with E-state index in [0.717, 1.165) is 19.4 Å². The Morgan fingerprint density at radius 1 is 1.44 bits per heavy atom. The van der Waals surface area contributed by atoms with Crippen LogP contribution in [-0.2, 0) is 4.79 Å². The lowest BCUT2D eigenvalue weighted by molar-refractivity contribution is -0.142. The molecule has 86 valence electrons. The molecule has 1 fully saturated rings. The fraction of sp³-hybridized carbons (Fsp3) is 0.462. The molecule has 0 radical (unpaired) electrons. The van der Waals surface area contributed by atoms with Crippen LogP contribution in [0.1, 0.15) is 31.4 Å². The second-order valence-corrected chi connectivity index (χ2v) is 4.32. The SMILES string of the molecule is C[C@@H](c1ccccc1)N1CCC[C@@H]1C(=O)O. The minimum absolute atomic E-state index is 0.185. The fourth-order valence-corrected chi connectivity index (χ4v) is 2.44. The van der Waals surface area contributed by atoms with Crippen molar-refractivity contribution < 1.29 is 9.90 Å². The van der Waals surface area contributed by atoms with Crippen LogP contribution in [0.3, 0.4) is 0 Å². The number of hydrogen-bond acceptors (Lipinski definition) is 2. The van der Waals surface area contributed by atoms with Crippen LogP contribution in [0.4, 0.5) is 0 Å². The Morgan fingerprint density at radius 2 is 2.12 bits per heavy atom. The Hall–Kier alpha value is -1.35. The second kappa shape index (κ2) is 4.66.